The van der Waals surface area contributed by atoms with E-state index in [9.17, 15) is 0 Å². The largest absolute Gasteiger partial charge is 0.261 e. The molecule has 1 nitrogen and oxygen atoms in total. The van der Waals surface area contributed by atoms with Gasteiger partial charge in [0.05, 0.1) is 0 Å². The molecule has 0 N–H and O–H groups in total. The van der Waals surface area contributed by atoms with Gasteiger partial charge < -0.3 is 0 Å². The van der Waals surface area contributed by atoms with Gasteiger partial charge in [0.15, 0.2) is 0 Å². The van der Waals surface area contributed by atoms with Gasteiger partial charge >= 0.3 is 0 Å². The van der Waals surface area contributed by atoms with E-state index in [2.05, 4.69) is 37.9 Å². The van der Waals surface area contributed by atoms with Crippen LogP contribution in [0.2, 0.25) is 0 Å². The van der Waals surface area contributed by atoms with Gasteiger partial charge in [0, 0.05) is 11.9 Å². The van der Waals surface area contributed by atoms with Gasteiger partial charge in [-0.05, 0) is 60.5 Å². The minimum atomic E-state index is 0.627. The number of nitrogens with zero attached hydrogens (tertiary/aromatic N) is 1. The van der Waals surface area contributed by atoms with Crippen LogP contribution in [0.5, 0.6) is 0 Å². The smallest absolute Gasteiger partial charge is 0.0431 e. The summed E-state index contributed by atoms with van der Waals surface area (Å²) in [6.45, 7) is 7.16. The van der Waals surface area contributed by atoms with Crippen molar-refractivity contribution in [3.8, 4) is 0 Å². The van der Waals surface area contributed by atoms with Crippen LogP contribution in [0.4, 0.5) is 0 Å². The van der Waals surface area contributed by atoms with Crippen molar-refractivity contribution in [2.75, 3.05) is 0 Å². The SMILES string of the molecule is CC(CC1C2CC1(C(C)C)C2)c1ccccn1. The molecule has 0 spiro atoms. The molecule has 0 aromatic carbocycles. The number of hydrogen-bond acceptors (Lipinski definition) is 1. The van der Waals surface area contributed by atoms with Crippen LogP contribution in [0.3, 0.4) is 0 Å². The van der Waals surface area contributed by atoms with Gasteiger partial charge in [-0.25, -0.2) is 0 Å². The maximum atomic E-state index is 4.50. The van der Waals surface area contributed by atoms with E-state index in [-0.39, 0.29) is 0 Å². The summed E-state index contributed by atoms with van der Waals surface area (Å²) < 4.78 is 0. The lowest BCUT2D eigenvalue weighted by Crippen LogP contribution is -2.64. The van der Waals surface area contributed by atoms with Crippen molar-refractivity contribution < 1.29 is 0 Å². The van der Waals surface area contributed by atoms with Gasteiger partial charge in [-0.15, -0.1) is 0 Å². The van der Waals surface area contributed by atoms with Gasteiger partial charge in [-0.2, -0.15) is 0 Å². The quantitative estimate of drug-likeness (QED) is 0.752. The molecule has 3 aliphatic carbocycles. The fourth-order valence-corrected chi connectivity index (χ4v) is 4.15. The summed E-state index contributed by atoms with van der Waals surface area (Å²) in [5.74, 6) is 3.53. The van der Waals surface area contributed by atoms with Crippen molar-refractivity contribution in [1.29, 1.82) is 0 Å². The lowest BCUT2D eigenvalue weighted by Gasteiger charge is -2.71. The average Bonchev–Trinajstić information content (AvgIpc) is 2.24. The Bertz CT molecular complexity index is 389. The zero-order valence-electron chi connectivity index (χ0n) is 11.2. The van der Waals surface area contributed by atoms with Crippen LogP contribution >= 0.6 is 0 Å². The summed E-state index contributed by atoms with van der Waals surface area (Å²) in [4.78, 5) is 4.50. The summed E-state index contributed by atoms with van der Waals surface area (Å²) in [7, 11) is 0. The van der Waals surface area contributed by atoms with Crippen LogP contribution < -0.4 is 0 Å². The molecule has 1 heteroatoms. The number of pyridine rings is 1. The number of aromatic nitrogens is 1. The Kier molecular flexibility index (Phi) is 2.53. The van der Waals surface area contributed by atoms with Crippen molar-refractivity contribution >= 4 is 0 Å². The molecule has 1 aromatic rings. The molecule has 0 aliphatic heterocycles. The Balaban J connectivity index is 1.66. The maximum absolute atomic E-state index is 4.50. The van der Waals surface area contributed by atoms with E-state index in [4.69, 9.17) is 0 Å². The third kappa shape index (κ3) is 1.55. The number of rotatable bonds is 4. The molecule has 3 saturated carbocycles. The Morgan fingerprint density at radius 2 is 2.06 bits per heavy atom. The topological polar surface area (TPSA) is 12.9 Å². The normalized spacial score (nSPS) is 36.2. The van der Waals surface area contributed by atoms with Gasteiger partial charge in [0.2, 0.25) is 0 Å². The fourth-order valence-electron chi connectivity index (χ4n) is 4.15. The van der Waals surface area contributed by atoms with Crippen molar-refractivity contribution in [2.24, 2.45) is 23.2 Å². The highest BCUT2D eigenvalue weighted by atomic mass is 14.7. The summed E-state index contributed by atoms with van der Waals surface area (Å²) in [5.41, 5.74) is 1.99. The number of hydrogen-bond donors (Lipinski definition) is 0. The molecule has 1 heterocycles. The highest BCUT2D eigenvalue weighted by molar-refractivity contribution is 5.17. The lowest BCUT2D eigenvalue weighted by atomic mass is 9.33. The molecule has 1 aromatic heterocycles. The van der Waals surface area contributed by atoms with Gasteiger partial charge in [0.1, 0.15) is 0 Å². The van der Waals surface area contributed by atoms with Crippen molar-refractivity contribution in [1.82, 2.24) is 4.98 Å². The third-order valence-electron chi connectivity index (χ3n) is 5.54. The molecule has 2 atom stereocenters. The minimum absolute atomic E-state index is 0.627. The van der Waals surface area contributed by atoms with Crippen molar-refractivity contribution in [3.63, 3.8) is 0 Å². The summed E-state index contributed by atoms with van der Waals surface area (Å²) in [6.07, 6.45) is 6.28. The highest BCUT2D eigenvalue weighted by Gasteiger charge is 2.65. The summed E-state index contributed by atoms with van der Waals surface area (Å²) >= 11 is 0. The lowest BCUT2D eigenvalue weighted by molar-refractivity contribution is -0.223. The monoisotopic (exact) mass is 229 g/mol. The molecule has 17 heavy (non-hydrogen) atoms. The molecular formula is C16H23N. The first-order valence-corrected chi connectivity index (χ1v) is 7.04. The summed E-state index contributed by atoms with van der Waals surface area (Å²) in [6, 6.07) is 6.29. The molecule has 92 valence electrons. The predicted molar refractivity (Wildman–Crippen MR) is 70.8 cm³/mol. The highest BCUT2D eigenvalue weighted by Crippen LogP contribution is 2.73. The molecule has 3 fully saturated rings. The molecule has 2 bridgehead atoms. The zero-order chi connectivity index (χ0) is 12.0. The van der Waals surface area contributed by atoms with E-state index < -0.39 is 0 Å². The second-order valence-electron chi connectivity index (χ2n) is 6.55. The summed E-state index contributed by atoms with van der Waals surface area (Å²) in [5, 5.41) is 0. The third-order valence-corrected chi connectivity index (χ3v) is 5.54. The molecule has 2 unspecified atom stereocenters. The molecule has 4 rings (SSSR count). The van der Waals surface area contributed by atoms with Gasteiger partial charge in [-0.1, -0.05) is 26.8 Å². The van der Waals surface area contributed by atoms with E-state index >= 15 is 0 Å². The molecule has 3 aliphatic rings. The van der Waals surface area contributed by atoms with E-state index in [0.717, 1.165) is 17.8 Å². The van der Waals surface area contributed by atoms with Gasteiger partial charge in [0.25, 0.3) is 0 Å². The van der Waals surface area contributed by atoms with E-state index in [1.165, 1.54) is 25.0 Å². The van der Waals surface area contributed by atoms with E-state index in [1.807, 2.05) is 12.3 Å². The van der Waals surface area contributed by atoms with E-state index in [0.29, 0.717) is 11.3 Å². The molecular weight excluding hydrogens is 206 g/mol. The van der Waals surface area contributed by atoms with Crippen LogP contribution in [-0.2, 0) is 0 Å². The second-order valence-corrected chi connectivity index (χ2v) is 6.55. The molecule has 0 radical (unpaired) electrons. The zero-order valence-corrected chi connectivity index (χ0v) is 11.2. The first kappa shape index (κ1) is 11.3. The van der Waals surface area contributed by atoms with Crippen LogP contribution in [-0.4, -0.2) is 4.98 Å². The molecule has 0 amide bonds. The second kappa shape index (κ2) is 3.83. The fraction of sp³-hybridized carbons (Fsp3) is 0.688. The maximum Gasteiger partial charge on any atom is 0.0431 e. The minimum Gasteiger partial charge on any atom is -0.261 e. The first-order chi connectivity index (χ1) is 8.13. The standard InChI is InChI=1S/C16H23N/c1-11(2)16-9-13(10-16)14(16)8-12(3)15-6-4-5-7-17-15/h4-7,11-14H,8-10H2,1-3H3. The molecule has 0 saturated heterocycles. The Labute approximate surface area is 105 Å². The van der Waals surface area contributed by atoms with Crippen LogP contribution in [0.15, 0.2) is 24.4 Å². The van der Waals surface area contributed by atoms with Gasteiger partial charge in [-0.3, -0.25) is 4.98 Å². The first-order valence-electron chi connectivity index (χ1n) is 7.04. The Morgan fingerprint density at radius 1 is 1.29 bits per heavy atom. The van der Waals surface area contributed by atoms with Crippen LogP contribution in [0.25, 0.3) is 0 Å². The average molecular weight is 229 g/mol. The van der Waals surface area contributed by atoms with Crippen LogP contribution in [0.1, 0.15) is 51.6 Å². The predicted octanol–water partition coefficient (Wildman–Crippen LogP) is 4.26. The Hall–Kier alpha value is -0.850. The van der Waals surface area contributed by atoms with Crippen molar-refractivity contribution in [3.05, 3.63) is 30.1 Å². The van der Waals surface area contributed by atoms with Crippen LogP contribution in [0, 0.1) is 23.2 Å². The Morgan fingerprint density at radius 3 is 2.53 bits per heavy atom. The van der Waals surface area contributed by atoms with E-state index in [1.54, 1.807) is 0 Å². The van der Waals surface area contributed by atoms with Crippen molar-refractivity contribution in [2.45, 2.75) is 46.0 Å².